The minimum atomic E-state index is -0.0726. The summed E-state index contributed by atoms with van der Waals surface area (Å²) in [6, 6.07) is 7.57. The molecule has 0 saturated heterocycles. The van der Waals surface area contributed by atoms with Crippen molar-refractivity contribution in [1.29, 1.82) is 0 Å². The maximum Gasteiger partial charge on any atom is 0.251 e. The number of amides is 1. The van der Waals surface area contributed by atoms with Gasteiger partial charge in [0.15, 0.2) is 0 Å². The van der Waals surface area contributed by atoms with Gasteiger partial charge in [-0.3, -0.25) is 4.79 Å². The summed E-state index contributed by atoms with van der Waals surface area (Å²) < 4.78 is 1.89. The zero-order chi connectivity index (χ0) is 18.3. The molecule has 1 amide bonds. The molecule has 0 radical (unpaired) electrons. The van der Waals surface area contributed by atoms with Gasteiger partial charge in [0.1, 0.15) is 5.69 Å². The van der Waals surface area contributed by atoms with Gasteiger partial charge in [0.25, 0.3) is 5.91 Å². The smallest absolute Gasteiger partial charge is 0.251 e. The minimum absolute atomic E-state index is 0.0288. The Balaban J connectivity index is 1.35. The van der Waals surface area contributed by atoms with Crippen LogP contribution in [-0.2, 0) is 6.61 Å². The molecule has 2 saturated carbocycles. The molecule has 0 aliphatic heterocycles. The quantitative estimate of drug-likeness (QED) is 0.814. The SMILES string of the molecule is CCC(NC(=O)c1ccc(Cl)cc1)[C@H]1[C@@H]2C[C@H](n3cc(CO)nn3)C[C@@H]21. The Hall–Kier alpha value is -1.92. The number of fused-ring (bicyclic) bond motifs is 1. The number of nitrogens with one attached hydrogen (secondary N) is 1. The second kappa shape index (κ2) is 7.00. The normalized spacial score (nSPS) is 27.8. The van der Waals surface area contributed by atoms with Gasteiger partial charge in [-0.1, -0.05) is 23.7 Å². The molecule has 1 aromatic carbocycles. The zero-order valence-electron chi connectivity index (χ0n) is 14.7. The fraction of sp³-hybridized carbons (Fsp3) is 0.526. The van der Waals surface area contributed by atoms with Crippen molar-refractivity contribution < 1.29 is 9.90 Å². The van der Waals surface area contributed by atoms with E-state index in [-0.39, 0.29) is 18.6 Å². The third-order valence-electron chi connectivity index (χ3n) is 5.91. The van der Waals surface area contributed by atoms with Crippen LogP contribution in [0.1, 0.15) is 48.3 Å². The summed E-state index contributed by atoms with van der Waals surface area (Å²) in [4.78, 5) is 12.5. The number of carbonyl (C=O) groups is 1. The van der Waals surface area contributed by atoms with Crippen molar-refractivity contribution in [3.8, 4) is 0 Å². The molecule has 2 aliphatic rings. The molecule has 138 valence electrons. The summed E-state index contributed by atoms with van der Waals surface area (Å²) in [5.41, 5.74) is 1.26. The van der Waals surface area contributed by atoms with E-state index < -0.39 is 0 Å². The summed E-state index contributed by atoms with van der Waals surface area (Å²) in [6.07, 6.45) is 4.90. The monoisotopic (exact) mass is 374 g/mol. The summed E-state index contributed by atoms with van der Waals surface area (Å²) in [6.45, 7) is 2.06. The third kappa shape index (κ3) is 3.23. The number of hydrogen-bond acceptors (Lipinski definition) is 4. The van der Waals surface area contributed by atoms with E-state index in [2.05, 4.69) is 22.6 Å². The number of aliphatic hydroxyl groups is 1. The summed E-state index contributed by atoms with van der Waals surface area (Å²) in [7, 11) is 0. The molecule has 2 fully saturated rings. The van der Waals surface area contributed by atoms with E-state index in [0.717, 1.165) is 19.3 Å². The number of benzene rings is 1. The van der Waals surface area contributed by atoms with Crippen LogP contribution in [0, 0.1) is 17.8 Å². The molecule has 2 N–H and O–H groups in total. The third-order valence-corrected chi connectivity index (χ3v) is 6.16. The second-order valence-corrected chi connectivity index (χ2v) is 7.81. The van der Waals surface area contributed by atoms with Crippen LogP contribution in [-0.4, -0.2) is 32.0 Å². The van der Waals surface area contributed by atoms with E-state index in [1.165, 1.54) is 0 Å². The molecule has 0 bridgehead atoms. The van der Waals surface area contributed by atoms with E-state index in [4.69, 9.17) is 16.7 Å². The van der Waals surface area contributed by atoms with E-state index >= 15 is 0 Å². The fourth-order valence-corrected chi connectivity index (χ4v) is 4.69. The molecular formula is C19H23ClN4O2. The number of aromatic nitrogens is 3. The molecule has 4 rings (SSSR count). The van der Waals surface area contributed by atoms with Crippen molar-refractivity contribution in [2.75, 3.05) is 0 Å². The molecule has 5 atom stereocenters. The number of carbonyl (C=O) groups excluding carboxylic acids is 1. The molecule has 1 unspecified atom stereocenters. The lowest BCUT2D eigenvalue weighted by Crippen LogP contribution is -2.37. The lowest BCUT2D eigenvalue weighted by atomic mass is 9.99. The Labute approximate surface area is 157 Å². The average Bonchev–Trinajstić information content (AvgIpc) is 3.04. The van der Waals surface area contributed by atoms with Gasteiger partial charge in [-0.05, 0) is 61.3 Å². The van der Waals surface area contributed by atoms with Crippen molar-refractivity contribution in [2.24, 2.45) is 17.8 Å². The van der Waals surface area contributed by atoms with Gasteiger partial charge in [0.05, 0.1) is 18.8 Å². The predicted molar refractivity (Wildman–Crippen MR) is 97.7 cm³/mol. The summed E-state index contributed by atoms with van der Waals surface area (Å²) in [5.74, 6) is 1.79. The standard InChI is InChI=1S/C19H23ClN4O2/c1-2-17(21-19(26)11-3-5-12(20)6-4-11)18-15-7-14(8-16(15)18)24-9-13(10-25)22-23-24/h3-6,9,14-18,25H,2,7-8,10H2,1H3,(H,21,26)/t14-,15+,16-,17?,18-. The van der Waals surface area contributed by atoms with Crippen LogP contribution in [0.5, 0.6) is 0 Å². The van der Waals surface area contributed by atoms with Gasteiger partial charge in [-0.15, -0.1) is 5.10 Å². The number of rotatable bonds is 6. The highest BCUT2D eigenvalue weighted by Gasteiger charge is 2.59. The lowest BCUT2D eigenvalue weighted by molar-refractivity contribution is 0.0926. The van der Waals surface area contributed by atoms with Gasteiger partial charge >= 0.3 is 0 Å². The molecule has 0 spiro atoms. The maximum atomic E-state index is 12.5. The Kier molecular flexibility index (Phi) is 4.71. The largest absolute Gasteiger partial charge is 0.390 e. The average molecular weight is 375 g/mol. The highest BCUT2D eigenvalue weighted by Crippen LogP contribution is 2.62. The van der Waals surface area contributed by atoms with Crippen molar-refractivity contribution in [3.63, 3.8) is 0 Å². The van der Waals surface area contributed by atoms with Crippen LogP contribution in [0.2, 0.25) is 5.02 Å². The molecule has 2 aromatic rings. The number of nitrogens with zero attached hydrogens (tertiary/aromatic N) is 3. The van der Waals surface area contributed by atoms with Gasteiger partial charge < -0.3 is 10.4 Å². The first kappa shape index (κ1) is 17.5. The first-order valence-electron chi connectivity index (χ1n) is 9.18. The van der Waals surface area contributed by atoms with Crippen LogP contribution < -0.4 is 5.32 Å². The fourth-order valence-electron chi connectivity index (χ4n) is 4.56. The Morgan fingerprint density at radius 3 is 2.62 bits per heavy atom. The molecule has 1 heterocycles. The van der Waals surface area contributed by atoms with Gasteiger partial charge in [0, 0.05) is 16.6 Å². The Morgan fingerprint density at radius 2 is 2.04 bits per heavy atom. The van der Waals surface area contributed by atoms with Crippen LogP contribution in [0.15, 0.2) is 30.5 Å². The van der Waals surface area contributed by atoms with E-state index in [1.807, 2.05) is 10.9 Å². The number of halogens is 1. The van der Waals surface area contributed by atoms with Crippen LogP contribution >= 0.6 is 11.6 Å². The first-order valence-corrected chi connectivity index (χ1v) is 9.56. The number of hydrogen-bond donors (Lipinski definition) is 2. The lowest BCUT2D eigenvalue weighted by Gasteiger charge is -2.21. The van der Waals surface area contributed by atoms with Crippen molar-refractivity contribution >= 4 is 17.5 Å². The topological polar surface area (TPSA) is 80.0 Å². The highest BCUT2D eigenvalue weighted by molar-refractivity contribution is 6.30. The first-order chi connectivity index (χ1) is 12.6. The summed E-state index contributed by atoms with van der Waals surface area (Å²) in [5, 5.41) is 21.1. The molecule has 26 heavy (non-hydrogen) atoms. The van der Waals surface area contributed by atoms with Crippen molar-refractivity contribution in [3.05, 3.63) is 46.7 Å². The number of aliphatic hydroxyl groups excluding tert-OH is 1. The zero-order valence-corrected chi connectivity index (χ0v) is 15.4. The predicted octanol–water partition coefficient (Wildman–Crippen LogP) is 2.83. The highest BCUT2D eigenvalue weighted by atomic mass is 35.5. The second-order valence-electron chi connectivity index (χ2n) is 7.37. The Bertz CT molecular complexity index is 779. The van der Waals surface area contributed by atoms with Crippen LogP contribution in [0.4, 0.5) is 0 Å². The van der Waals surface area contributed by atoms with E-state index in [0.29, 0.717) is 40.1 Å². The van der Waals surface area contributed by atoms with Crippen molar-refractivity contribution in [2.45, 2.75) is 44.9 Å². The van der Waals surface area contributed by atoms with Crippen LogP contribution in [0.25, 0.3) is 0 Å². The minimum Gasteiger partial charge on any atom is -0.390 e. The summed E-state index contributed by atoms with van der Waals surface area (Å²) >= 11 is 5.89. The van der Waals surface area contributed by atoms with Gasteiger partial charge in [-0.2, -0.15) is 0 Å². The van der Waals surface area contributed by atoms with E-state index in [9.17, 15) is 4.79 Å². The molecule has 1 aromatic heterocycles. The molecule has 7 heteroatoms. The molecular weight excluding hydrogens is 352 g/mol. The van der Waals surface area contributed by atoms with E-state index in [1.54, 1.807) is 24.3 Å². The Morgan fingerprint density at radius 1 is 1.35 bits per heavy atom. The molecule has 6 nitrogen and oxygen atoms in total. The van der Waals surface area contributed by atoms with Gasteiger partial charge in [0.2, 0.25) is 0 Å². The van der Waals surface area contributed by atoms with Gasteiger partial charge in [-0.25, -0.2) is 4.68 Å². The molecule has 2 aliphatic carbocycles. The maximum absolute atomic E-state index is 12.5. The van der Waals surface area contributed by atoms with Crippen LogP contribution in [0.3, 0.4) is 0 Å². The van der Waals surface area contributed by atoms with Crippen molar-refractivity contribution in [1.82, 2.24) is 20.3 Å².